The van der Waals surface area contributed by atoms with Gasteiger partial charge in [0.05, 0.1) is 5.39 Å². The number of ether oxygens (including phenoxy) is 1. The molecule has 0 amide bonds. The standard InChI is InChI=1S/C16H12N2O2/c1-10-6-11(18)8-12(7-10)19-16-13-4-2-3-5-14(13)20-15(16)9-17/h2-8H,18H2,1H3. The summed E-state index contributed by atoms with van der Waals surface area (Å²) in [6.45, 7) is 1.93. The Morgan fingerprint density at radius 1 is 1.20 bits per heavy atom. The highest BCUT2D eigenvalue weighted by atomic mass is 16.5. The molecule has 20 heavy (non-hydrogen) atoms. The van der Waals surface area contributed by atoms with Gasteiger partial charge < -0.3 is 14.9 Å². The fraction of sp³-hybridized carbons (Fsp3) is 0.0625. The number of anilines is 1. The maximum atomic E-state index is 9.16. The van der Waals surface area contributed by atoms with E-state index in [1.54, 1.807) is 12.1 Å². The quantitative estimate of drug-likeness (QED) is 0.710. The molecule has 0 aliphatic carbocycles. The number of nitrogen functional groups attached to an aromatic ring is 1. The summed E-state index contributed by atoms with van der Waals surface area (Å²) in [7, 11) is 0. The summed E-state index contributed by atoms with van der Waals surface area (Å²) in [5.74, 6) is 1.17. The molecule has 0 aliphatic rings. The van der Waals surface area contributed by atoms with Gasteiger partial charge in [-0.25, -0.2) is 0 Å². The second-order valence-corrected chi connectivity index (χ2v) is 4.55. The third kappa shape index (κ3) is 2.06. The first-order valence-electron chi connectivity index (χ1n) is 6.14. The number of nitriles is 1. The van der Waals surface area contributed by atoms with Crippen molar-refractivity contribution < 1.29 is 9.15 Å². The zero-order chi connectivity index (χ0) is 14.1. The summed E-state index contributed by atoms with van der Waals surface area (Å²) in [5.41, 5.74) is 8.04. The summed E-state index contributed by atoms with van der Waals surface area (Å²) >= 11 is 0. The third-order valence-electron chi connectivity index (χ3n) is 2.94. The second kappa shape index (κ2) is 4.63. The van der Waals surface area contributed by atoms with Crippen molar-refractivity contribution in [2.75, 3.05) is 5.73 Å². The minimum Gasteiger partial charge on any atom is -0.452 e. The molecule has 0 unspecified atom stereocenters. The van der Waals surface area contributed by atoms with Gasteiger partial charge in [0.2, 0.25) is 5.76 Å². The molecule has 3 rings (SSSR count). The van der Waals surface area contributed by atoms with Crippen LogP contribution in [0.1, 0.15) is 11.3 Å². The molecule has 0 radical (unpaired) electrons. The Morgan fingerprint density at radius 3 is 2.75 bits per heavy atom. The lowest BCUT2D eigenvalue weighted by Gasteiger charge is -2.06. The van der Waals surface area contributed by atoms with Crippen LogP contribution in [0.2, 0.25) is 0 Å². The topological polar surface area (TPSA) is 72.2 Å². The average molecular weight is 264 g/mol. The summed E-state index contributed by atoms with van der Waals surface area (Å²) < 4.78 is 11.3. The molecule has 0 atom stereocenters. The van der Waals surface area contributed by atoms with E-state index in [1.165, 1.54) is 0 Å². The predicted molar refractivity (Wildman–Crippen MR) is 76.6 cm³/mol. The molecule has 2 aromatic carbocycles. The van der Waals surface area contributed by atoms with E-state index >= 15 is 0 Å². The van der Waals surface area contributed by atoms with Crippen molar-refractivity contribution in [3.63, 3.8) is 0 Å². The lowest BCUT2D eigenvalue weighted by Crippen LogP contribution is -1.90. The Bertz CT molecular complexity index is 808. The smallest absolute Gasteiger partial charge is 0.247 e. The van der Waals surface area contributed by atoms with E-state index < -0.39 is 0 Å². The number of hydrogen-bond acceptors (Lipinski definition) is 4. The molecule has 0 aliphatic heterocycles. The van der Waals surface area contributed by atoms with Crippen molar-refractivity contribution in [1.29, 1.82) is 5.26 Å². The van der Waals surface area contributed by atoms with Crippen LogP contribution in [0.15, 0.2) is 46.9 Å². The van der Waals surface area contributed by atoms with Crippen LogP contribution in [0.5, 0.6) is 11.5 Å². The summed E-state index contributed by atoms with van der Waals surface area (Å²) in [6.07, 6.45) is 0. The van der Waals surface area contributed by atoms with Crippen LogP contribution >= 0.6 is 0 Å². The van der Waals surface area contributed by atoms with Gasteiger partial charge >= 0.3 is 0 Å². The summed E-state index contributed by atoms with van der Waals surface area (Å²) in [4.78, 5) is 0. The van der Waals surface area contributed by atoms with Gasteiger partial charge in [-0.3, -0.25) is 0 Å². The number of benzene rings is 2. The largest absolute Gasteiger partial charge is 0.452 e. The molecule has 1 aromatic heterocycles. The monoisotopic (exact) mass is 264 g/mol. The number of nitrogens with zero attached hydrogens (tertiary/aromatic N) is 1. The minimum atomic E-state index is 0.159. The first-order chi connectivity index (χ1) is 9.67. The van der Waals surface area contributed by atoms with Crippen LogP contribution in [0, 0.1) is 18.3 Å². The molecule has 2 N–H and O–H groups in total. The van der Waals surface area contributed by atoms with Gasteiger partial charge in [0, 0.05) is 11.8 Å². The summed E-state index contributed by atoms with van der Waals surface area (Å²) in [6, 6.07) is 14.8. The van der Waals surface area contributed by atoms with E-state index in [9.17, 15) is 0 Å². The predicted octanol–water partition coefficient (Wildman–Crippen LogP) is 3.99. The molecule has 4 nitrogen and oxygen atoms in total. The van der Waals surface area contributed by atoms with Gasteiger partial charge in [0.15, 0.2) is 5.75 Å². The van der Waals surface area contributed by atoms with Crippen molar-refractivity contribution >= 4 is 16.7 Å². The zero-order valence-corrected chi connectivity index (χ0v) is 10.9. The normalized spacial score (nSPS) is 10.4. The van der Waals surface area contributed by atoms with Crippen molar-refractivity contribution in [3.8, 4) is 17.6 Å². The average Bonchev–Trinajstić information content (AvgIpc) is 2.76. The minimum absolute atomic E-state index is 0.159. The first-order valence-corrected chi connectivity index (χ1v) is 6.14. The number of nitrogens with two attached hydrogens (primary N) is 1. The molecule has 0 fully saturated rings. The number of rotatable bonds is 2. The second-order valence-electron chi connectivity index (χ2n) is 4.55. The molecule has 0 spiro atoms. The fourth-order valence-corrected chi connectivity index (χ4v) is 2.15. The highest BCUT2D eigenvalue weighted by molar-refractivity contribution is 5.86. The van der Waals surface area contributed by atoms with Crippen LogP contribution in [0.25, 0.3) is 11.0 Å². The van der Waals surface area contributed by atoms with Crippen LogP contribution in [-0.4, -0.2) is 0 Å². The van der Waals surface area contributed by atoms with Crippen molar-refractivity contribution in [2.24, 2.45) is 0 Å². The lowest BCUT2D eigenvalue weighted by atomic mass is 10.2. The van der Waals surface area contributed by atoms with Crippen molar-refractivity contribution in [2.45, 2.75) is 6.92 Å². The molecule has 98 valence electrons. The van der Waals surface area contributed by atoms with E-state index in [4.69, 9.17) is 20.1 Å². The van der Waals surface area contributed by atoms with Gasteiger partial charge in [-0.1, -0.05) is 12.1 Å². The van der Waals surface area contributed by atoms with Gasteiger partial charge in [0.25, 0.3) is 0 Å². The summed E-state index contributed by atoms with van der Waals surface area (Å²) in [5, 5.41) is 9.93. The molecule has 4 heteroatoms. The highest BCUT2D eigenvalue weighted by Gasteiger charge is 2.16. The maximum absolute atomic E-state index is 9.16. The Kier molecular flexibility index (Phi) is 2.81. The van der Waals surface area contributed by atoms with Crippen LogP contribution in [0.4, 0.5) is 5.69 Å². The third-order valence-corrected chi connectivity index (χ3v) is 2.94. The Labute approximate surface area is 116 Å². The van der Waals surface area contributed by atoms with Gasteiger partial charge in [0.1, 0.15) is 17.4 Å². The van der Waals surface area contributed by atoms with Gasteiger partial charge in [-0.15, -0.1) is 0 Å². The van der Waals surface area contributed by atoms with E-state index in [-0.39, 0.29) is 5.76 Å². The zero-order valence-electron chi connectivity index (χ0n) is 10.9. The Hall–Kier alpha value is -2.93. The molecular formula is C16H12N2O2. The lowest BCUT2D eigenvalue weighted by molar-refractivity contribution is 0.467. The molecule has 1 heterocycles. The number of fused-ring (bicyclic) bond motifs is 1. The van der Waals surface area contributed by atoms with Gasteiger partial charge in [-0.05, 0) is 36.8 Å². The van der Waals surface area contributed by atoms with E-state index in [0.29, 0.717) is 22.8 Å². The Balaban J connectivity index is 2.12. The van der Waals surface area contributed by atoms with Gasteiger partial charge in [-0.2, -0.15) is 5.26 Å². The number of para-hydroxylation sites is 1. The molecule has 0 bridgehead atoms. The van der Waals surface area contributed by atoms with E-state index in [0.717, 1.165) is 10.9 Å². The molecular weight excluding hydrogens is 252 g/mol. The van der Waals surface area contributed by atoms with Crippen LogP contribution in [0.3, 0.4) is 0 Å². The SMILES string of the molecule is Cc1cc(N)cc(Oc2c(C#N)oc3ccccc23)c1. The van der Waals surface area contributed by atoms with Crippen LogP contribution in [-0.2, 0) is 0 Å². The maximum Gasteiger partial charge on any atom is 0.247 e. The van der Waals surface area contributed by atoms with Crippen LogP contribution < -0.4 is 10.5 Å². The number of aryl methyl sites for hydroxylation is 1. The molecule has 0 saturated carbocycles. The number of furan rings is 1. The first kappa shape index (κ1) is 12.1. The van der Waals surface area contributed by atoms with E-state index in [2.05, 4.69) is 0 Å². The Morgan fingerprint density at radius 2 is 2.00 bits per heavy atom. The van der Waals surface area contributed by atoms with E-state index in [1.807, 2.05) is 43.3 Å². The van der Waals surface area contributed by atoms with Crippen molar-refractivity contribution in [1.82, 2.24) is 0 Å². The fourth-order valence-electron chi connectivity index (χ4n) is 2.15. The van der Waals surface area contributed by atoms with Crippen molar-refractivity contribution in [3.05, 3.63) is 53.8 Å². The molecule has 0 saturated heterocycles. The molecule has 3 aromatic rings. The number of hydrogen-bond donors (Lipinski definition) is 1. The highest BCUT2D eigenvalue weighted by Crippen LogP contribution is 2.36.